The van der Waals surface area contributed by atoms with Gasteiger partial charge in [-0.1, -0.05) is 30.3 Å². The van der Waals surface area contributed by atoms with Gasteiger partial charge in [-0.25, -0.2) is 8.78 Å². The van der Waals surface area contributed by atoms with E-state index >= 15 is 0 Å². The number of amides is 2. The van der Waals surface area contributed by atoms with Gasteiger partial charge in [0.2, 0.25) is 11.8 Å². The maximum atomic E-state index is 14.1. The van der Waals surface area contributed by atoms with Crippen molar-refractivity contribution in [3.8, 4) is 0 Å². The normalized spacial score (nSPS) is 22.1. The van der Waals surface area contributed by atoms with Crippen molar-refractivity contribution in [2.75, 3.05) is 18.0 Å². The highest BCUT2D eigenvalue weighted by molar-refractivity contribution is 6.00. The van der Waals surface area contributed by atoms with Crippen LogP contribution in [0.5, 0.6) is 0 Å². The maximum absolute atomic E-state index is 14.1. The molecule has 2 saturated heterocycles. The smallest absolute Gasteiger partial charge is 0.228 e. The SMILES string of the molecule is O=C1C[C@H](C(=O)N2CCC[C@@H]2Cc2ccccc2)CN1c1ccc(F)cc1F. The van der Waals surface area contributed by atoms with Gasteiger partial charge in [0.05, 0.1) is 11.6 Å². The third-order valence-corrected chi connectivity index (χ3v) is 5.65. The van der Waals surface area contributed by atoms with Gasteiger partial charge in [-0.05, 0) is 37.0 Å². The molecule has 2 amide bonds. The van der Waals surface area contributed by atoms with Crippen molar-refractivity contribution in [1.29, 1.82) is 0 Å². The molecule has 0 radical (unpaired) electrons. The van der Waals surface area contributed by atoms with Crippen LogP contribution in [-0.4, -0.2) is 35.8 Å². The molecule has 2 fully saturated rings. The van der Waals surface area contributed by atoms with E-state index in [0.29, 0.717) is 6.54 Å². The third kappa shape index (κ3) is 3.63. The minimum absolute atomic E-state index is 0.0314. The minimum Gasteiger partial charge on any atom is -0.339 e. The molecule has 28 heavy (non-hydrogen) atoms. The average molecular weight is 384 g/mol. The van der Waals surface area contributed by atoms with Crippen molar-refractivity contribution >= 4 is 17.5 Å². The molecule has 0 aromatic heterocycles. The number of halogens is 2. The van der Waals surface area contributed by atoms with E-state index in [4.69, 9.17) is 0 Å². The Morgan fingerprint density at radius 1 is 1.11 bits per heavy atom. The van der Waals surface area contributed by atoms with Crippen LogP contribution in [-0.2, 0) is 16.0 Å². The Hall–Kier alpha value is -2.76. The first-order valence-electron chi connectivity index (χ1n) is 9.63. The van der Waals surface area contributed by atoms with Crippen LogP contribution in [0.3, 0.4) is 0 Å². The number of rotatable bonds is 4. The second-order valence-electron chi connectivity index (χ2n) is 7.52. The van der Waals surface area contributed by atoms with Crippen molar-refractivity contribution in [1.82, 2.24) is 4.90 Å². The van der Waals surface area contributed by atoms with Gasteiger partial charge in [0, 0.05) is 31.6 Å². The van der Waals surface area contributed by atoms with Crippen LogP contribution in [0.15, 0.2) is 48.5 Å². The summed E-state index contributed by atoms with van der Waals surface area (Å²) in [5.74, 6) is -2.32. The van der Waals surface area contributed by atoms with Crippen LogP contribution in [0.25, 0.3) is 0 Å². The predicted molar refractivity (Wildman–Crippen MR) is 102 cm³/mol. The summed E-state index contributed by atoms with van der Waals surface area (Å²) in [5.41, 5.74) is 1.22. The van der Waals surface area contributed by atoms with E-state index < -0.39 is 17.6 Å². The fourth-order valence-electron chi connectivity index (χ4n) is 4.26. The Bertz CT molecular complexity index is 887. The molecule has 0 bridgehead atoms. The Morgan fingerprint density at radius 3 is 2.64 bits per heavy atom. The van der Waals surface area contributed by atoms with Gasteiger partial charge in [0.1, 0.15) is 11.6 Å². The molecule has 2 aliphatic rings. The zero-order chi connectivity index (χ0) is 19.7. The molecular formula is C22H22F2N2O2. The lowest BCUT2D eigenvalue weighted by Crippen LogP contribution is -2.41. The zero-order valence-corrected chi connectivity index (χ0v) is 15.5. The van der Waals surface area contributed by atoms with E-state index in [0.717, 1.165) is 31.4 Å². The van der Waals surface area contributed by atoms with Crippen molar-refractivity contribution in [2.45, 2.75) is 31.7 Å². The summed E-state index contributed by atoms with van der Waals surface area (Å²) >= 11 is 0. The molecule has 6 heteroatoms. The maximum Gasteiger partial charge on any atom is 0.228 e. The monoisotopic (exact) mass is 384 g/mol. The average Bonchev–Trinajstić information content (AvgIpc) is 3.29. The summed E-state index contributed by atoms with van der Waals surface area (Å²) in [4.78, 5) is 28.7. The minimum atomic E-state index is -0.787. The molecule has 0 saturated carbocycles. The first kappa shape index (κ1) is 18.6. The van der Waals surface area contributed by atoms with Gasteiger partial charge in [-0.2, -0.15) is 0 Å². The summed E-state index contributed by atoms with van der Waals surface area (Å²) < 4.78 is 27.2. The number of benzene rings is 2. The second kappa shape index (κ2) is 7.70. The van der Waals surface area contributed by atoms with Crippen LogP contribution in [0.2, 0.25) is 0 Å². The Labute approximate surface area is 162 Å². The molecule has 2 heterocycles. The summed E-state index contributed by atoms with van der Waals surface area (Å²) in [5, 5.41) is 0. The molecule has 2 aliphatic heterocycles. The lowest BCUT2D eigenvalue weighted by Gasteiger charge is -2.27. The van der Waals surface area contributed by atoms with Gasteiger partial charge in [0.15, 0.2) is 0 Å². The lowest BCUT2D eigenvalue weighted by molar-refractivity contribution is -0.136. The van der Waals surface area contributed by atoms with E-state index in [1.165, 1.54) is 16.5 Å². The van der Waals surface area contributed by atoms with Gasteiger partial charge in [0.25, 0.3) is 0 Å². The molecule has 0 aliphatic carbocycles. The number of carbonyl (C=O) groups is 2. The Kier molecular flexibility index (Phi) is 5.11. The molecule has 0 N–H and O–H groups in total. The zero-order valence-electron chi connectivity index (χ0n) is 15.5. The van der Waals surface area contributed by atoms with Crippen LogP contribution >= 0.6 is 0 Å². The molecule has 2 aromatic rings. The van der Waals surface area contributed by atoms with Gasteiger partial charge >= 0.3 is 0 Å². The van der Waals surface area contributed by atoms with Crippen molar-refractivity contribution in [3.63, 3.8) is 0 Å². The number of hydrogen-bond acceptors (Lipinski definition) is 2. The lowest BCUT2D eigenvalue weighted by atomic mass is 10.0. The highest BCUT2D eigenvalue weighted by atomic mass is 19.1. The topological polar surface area (TPSA) is 40.6 Å². The van der Waals surface area contributed by atoms with Gasteiger partial charge in [-0.3, -0.25) is 9.59 Å². The van der Waals surface area contributed by atoms with Crippen LogP contribution in [0.4, 0.5) is 14.5 Å². The highest BCUT2D eigenvalue weighted by Crippen LogP contribution is 2.31. The van der Waals surface area contributed by atoms with Crippen LogP contribution in [0.1, 0.15) is 24.8 Å². The van der Waals surface area contributed by atoms with Crippen LogP contribution in [0, 0.1) is 17.6 Å². The Morgan fingerprint density at radius 2 is 1.89 bits per heavy atom. The van der Waals surface area contributed by atoms with Gasteiger partial charge in [-0.15, -0.1) is 0 Å². The molecule has 2 atom stereocenters. The third-order valence-electron chi connectivity index (χ3n) is 5.65. The first-order valence-corrected chi connectivity index (χ1v) is 9.63. The molecular weight excluding hydrogens is 362 g/mol. The quantitative estimate of drug-likeness (QED) is 0.809. The summed E-state index contributed by atoms with van der Waals surface area (Å²) in [6.45, 7) is 0.820. The molecule has 146 valence electrons. The number of nitrogens with zero attached hydrogens (tertiary/aromatic N) is 2. The van der Waals surface area contributed by atoms with Crippen molar-refractivity contribution in [3.05, 3.63) is 65.7 Å². The second-order valence-corrected chi connectivity index (χ2v) is 7.52. The van der Waals surface area contributed by atoms with Gasteiger partial charge < -0.3 is 9.80 Å². The van der Waals surface area contributed by atoms with E-state index in [-0.39, 0.29) is 36.5 Å². The molecule has 0 unspecified atom stereocenters. The molecule has 2 aromatic carbocycles. The van der Waals surface area contributed by atoms with Crippen LogP contribution < -0.4 is 4.90 Å². The summed E-state index contributed by atoms with van der Waals surface area (Å²) in [7, 11) is 0. The van der Waals surface area contributed by atoms with E-state index in [1.807, 2.05) is 23.1 Å². The summed E-state index contributed by atoms with van der Waals surface area (Å²) in [6.07, 6.45) is 2.74. The van der Waals surface area contributed by atoms with Crippen molar-refractivity contribution < 1.29 is 18.4 Å². The first-order chi connectivity index (χ1) is 13.5. The van der Waals surface area contributed by atoms with E-state index in [9.17, 15) is 18.4 Å². The number of hydrogen-bond donors (Lipinski definition) is 0. The Balaban J connectivity index is 1.47. The molecule has 0 spiro atoms. The predicted octanol–water partition coefficient (Wildman–Crippen LogP) is 3.55. The van der Waals surface area contributed by atoms with E-state index in [2.05, 4.69) is 12.1 Å². The van der Waals surface area contributed by atoms with Crippen molar-refractivity contribution in [2.24, 2.45) is 5.92 Å². The standard InChI is InChI=1S/C22H22F2N2O2/c23-17-8-9-20(19(24)13-17)26-14-16(12-21(26)27)22(28)25-10-4-7-18(25)11-15-5-2-1-3-6-15/h1-3,5-6,8-9,13,16,18H,4,7,10-12,14H2/t16-,18+/m0/s1. The summed E-state index contributed by atoms with van der Waals surface area (Å²) in [6, 6.07) is 13.3. The fraction of sp³-hybridized carbons (Fsp3) is 0.364. The molecule has 4 rings (SSSR count). The highest BCUT2D eigenvalue weighted by Gasteiger charge is 2.40. The largest absolute Gasteiger partial charge is 0.339 e. The van der Waals surface area contributed by atoms with E-state index in [1.54, 1.807) is 0 Å². The fourth-order valence-corrected chi connectivity index (χ4v) is 4.26. The molecule has 4 nitrogen and oxygen atoms in total. The number of likely N-dealkylation sites (tertiary alicyclic amines) is 1. The number of carbonyl (C=O) groups excluding carboxylic acids is 2. The number of anilines is 1.